The lowest BCUT2D eigenvalue weighted by Crippen LogP contribution is -2.30. The molecule has 0 saturated heterocycles. The van der Waals surface area contributed by atoms with Gasteiger partial charge in [-0.1, -0.05) is 6.07 Å². The van der Waals surface area contributed by atoms with Crippen molar-refractivity contribution in [1.82, 2.24) is 14.9 Å². The highest BCUT2D eigenvalue weighted by Gasteiger charge is 2.25. The maximum Gasteiger partial charge on any atom is 0.270 e. The van der Waals surface area contributed by atoms with Crippen LogP contribution >= 0.6 is 0 Å². The van der Waals surface area contributed by atoms with Gasteiger partial charge in [0, 0.05) is 18.9 Å². The number of aromatic nitrogens is 2. The molecule has 0 aliphatic heterocycles. The van der Waals surface area contributed by atoms with Crippen LogP contribution in [0.3, 0.4) is 0 Å². The van der Waals surface area contributed by atoms with E-state index in [0.717, 1.165) is 31.0 Å². The van der Waals surface area contributed by atoms with E-state index in [9.17, 15) is 18.4 Å². The van der Waals surface area contributed by atoms with E-state index in [2.05, 4.69) is 9.97 Å². The zero-order valence-corrected chi connectivity index (χ0v) is 15.0. The number of benzene rings is 1. The quantitative estimate of drug-likeness (QED) is 0.740. The zero-order valence-electron chi connectivity index (χ0n) is 15.0. The van der Waals surface area contributed by atoms with Crippen LogP contribution in [0.2, 0.25) is 0 Å². The standard InChI is InChI=1S/C20H19F2N3O2/c1-10(25(2)20(27)16-8-11-4-3-5-15(11)24-16)13-9-23-19(26)17-12(13)6-7-14(21)18(17)22/h6-10,24H,3-5H2,1-2H3,(H,23,26)/t10-/m1/s1. The van der Waals surface area contributed by atoms with Crippen LogP contribution in [-0.4, -0.2) is 27.8 Å². The molecule has 27 heavy (non-hydrogen) atoms. The molecular weight excluding hydrogens is 352 g/mol. The number of amides is 1. The minimum atomic E-state index is -1.18. The SMILES string of the molecule is C[C@H](c1c[nH]c(=O)c2c(F)c(F)ccc12)N(C)C(=O)c1cc2c([nH]1)CCC2. The lowest BCUT2D eigenvalue weighted by Gasteiger charge is -2.26. The summed E-state index contributed by atoms with van der Waals surface area (Å²) in [6, 6.07) is 3.79. The molecule has 0 bridgehead atoms. The lowest BCUT2D eigenvalue weighted by atomic mass is 10.0. The maximum atomic E-state index is 14.1. The third-order valence-electron chi connectivity index (χ3n) is 5.44. The van der Waals surface area contributed by atoms with E-state index in [1.165, 1.54) is 22.7 Å². The molecule has 2 aromatic heterocycles. The Morgan fingerprint density at radius 2 is 2.04 bits per heavy atom. The van der Waals surface area contributed by atoms with Crippen LogP contribution in [0.5, 0.6) is 0 Å². The van der Waals surface area contributed by atoms with Gasteiger partial charge in [-0.25, -0.2) is 8.78 Å². The summed E-state index contributed by atoms with van der Waals surface area (Å²) in [7, 11) is 1.65. The summed E-state index contributed by atoms with van der Waals surface area (Å²) in [5, 5.41) is -0.0437. The average molecular weight is 371 g/mol. The first kappa shape index (κ1) is 17.5. The zero-order chi connectivity index (χ0) is 19.3. The van der Waals surface area contributed by atoms with Crippen LogP contribution < -0.4 is 5.56 Å². The van der Waals surface area contributed by atoms with E-state index in [4.69, 9.17) is 0 Å². The number of H-pyrrole nitrogens is 2. The van der Waals surface area contributed by atoms with Crippen molar-refractivity contribution in [2.45, 2.75) is 32.2 Å². The Hall–Kier alpha value is -2.96. The largest absolute Gasteiger partial charge is 0.354 e. The molecule has 140 valence electrons. The third-order valence-corrected chi connectivity index (χ3v) is 5.44. The second kappa shape index (κ2) is 6.33. The van der Waals surface area contributed by atoms with Crippen LogP contribution in [0.15, 0.2) is 29.2 Å². The van der Waals surface area contributed by atoms with Crippen molar-refractivity contribution in [3.63, 3.8) is 0 Å². The Balaban J connectivity index is 1.72. The highest BCUT2D eigenvalue weighted by Crippen LogP contribution is 2.29. The topological polar surface area (TPSA) is 69.0 Å². The average Bonchev–Trinajstić information content (AvgIpc) is 3.25. The molecule has 2 N–H and O–H groups in total. The van der Waals surface area contributed by atoms with Gasteiger partial charge in [-0.3, -0.25) is 9.59 Å². The summed E-state index contributed by atoms with van der Waals surface area (Å²) >= 11 is 0. The van der Waals surface area contributed by atoms with E-state index in [1.54, 1.807) is 14.0 Å². The van der Waals surface area contributed by atoms with Gasteiger partial charge in [0.1, 0.15) is 5.69 Å². The molecule has 1 atom stereocenters. The van der Waals surface area contributed by atoms with Crippen molar-refractivity contribution < 1.29 is 13.6 Å². The van der Waals surface area contributed by atoms with E-state index >= 15 is 0 Å². The van der Waals surface area contributed by atoms with Gasteiger partial charge in [-0.2, -0.15) is 0 Å². The number of halogens is 2. The Kier molecular flexibility index (Phi) is 4.09. The summed E-state index contributed by atoms with van der Waals surface area (Å²) < 4.78 is 27.7. The third kappa shape index (κ3) is 2.74. The first-order valence-corrected chi connectivity index (χ1v) is 8.85. The van der Waals surface area contributed by atoms with Crippen LogP contribution in [0.4, 0.5) is 8.78 Å². The van der Waals surface area contributed by atoms with Gasteiger partial charge in [0.05, 0.1) is 11.4 Å². The monoisotopic (exact) mass is 371 g/mol. The van der Waals surface area contributed by atoms with E-state index in [1.807, 2.05) is 6.07 Å². The smallest absolute Gasteiger partial charge is 0.270 e. The van der Waals surface area contributed by atoms with Gasteiger partial charge in [-0.05, 0) is 54.8 Å². The Morgan fingerprint density at radius 3 is 2.78 bits per heavy atom. The first-order valence-electron chi connectivity index (χ1n) is 8.85. The predicted octanol–water partition coefficient (Wildman–Crippen LogP) is 3.46. The highest BCUT2D eigenvalue weighted by atomic mass is 19.2. The summed E-state index contributed by atoms with van der Waals surface area (Å²) in [5.41, 5.74) is 2.63. The maximum absolute atomic E-state index is 14.1. The van der Waals surface area contributed by atoms with Gasteiger partial charge in [0.25, 0.3) is 11.5 Å². The number of hydrogen-bond donors (Lipinski definition) is 2. The van der Waals surface area contributed by atoms with Crippen molar-refractivity contribution in [2.24, 2.45) is 0 Å². The van der Waals surface area contributed by atoms with Crippen LogP contribution in [0.25, 0.3) is 10.8 Å². The highest BCUT2D eigenvalue weighted by molar-refractivity contribution is 5.94. The van der Waals surface area contributed by atoms with E-state index in [0.29, 0.717) is 16.6 Å². The Morgan fingerprint density at radius 1 is 1.26 bits per heavy atom. The van der Waals surface area contributed by atoms with Crippen molar-refractivity contribution >= 4 is 16.7 Å². The summed E-state index contributed by atoms with van der Waals surface area (Å²) in [6.07, 6.45) is 4.45. The minimum absolute atomic E-state index is 0.196. The summed E-state index contributed by atoms with van der Waals surface area (Å²) in [5.74, 6) is -2.46. The van der Waals surface area contributed by atoms with Gasteiger partial charge >= 0.3 is 0 Å². The van der Waals surface area contributed by atoms with Gasteiger partial charge in [0.15, 0.2) is 11.6 Å². The number of rotatable bonds is 3. The molecule has 1 amide bonds. The molecule has 4 rings (SSSR count). The van der Waals surface area contributed by atoms with Crippen molar-refractivity contribution in [1.29, 1.82) is 0 Å². The number of nitrogens with zero attached hydrogens (tertiary/aromatic N) is 1. The molecular formula is C20H19F2N3O2. The molecule has 0 saturated carbocycles. The van der Waals surface area contributed by atoms with Crippen molar-refractivity contribution in [3.05, 3.63) is 68.9 Å². The number of aryl methyl sites for hydroxylation is 2. The second-order valence-electron chi connectivity index (χ2n) is 6.99. The number of carbonyl (C=O) groups excluding carboxylic acids is 1. The van der Waals surface area contributed by atoms with E-state index < -0.39 is 23.2 Å². The van der Waals surface area contributed by atoms with Crippen LogP contribution in [-0.2, 0) is 12.8 Å². The molecule has 5 nitrogen and oxygen atoms in total. The number of hydrogen-bond acceptors (Lipinski definition) is 2. The lowest BCUT2D eigenvalue weighted by molar-refractivity contribution is 0.0738. The number of aromatic amines is 2. The molecule has 2 heterocycles. The van der Waals surface area contributed by atoms with Gasteiger partial charge in [0.2, 0.25) is 0 Å². The normalized spacial score (nSPS) is 14.4. The Labute approximate surface area is 154 Å². The first-order chi connectivity index (χ1) is 12.9. The molecule has 1 aliphatic carbocycles. The molecule has 1 aromatic carbocycles. The van der Waals surface area contributed by atoms with Crippen molar-refractivity contribution in [3.8, 4) is 0 Å². The molecule has 3 aromatic rings. The fourth-order valence-electron chi connectivity index (χ4n) is 3.78. The van der Waals surface area contributed by atoms with Crippen LogP contribution in [0, 0.1) is 11.6 Å². The molecule has 1 aliphatic rings. The molecule has 0 fully saturated rings. The molecule has 0 unspecified atom stereocenters. The van der Waals surface area contributed by atoms with Crippen molar-refractivity contribution in [2.75, 3.05) is 7.05 Å². The fourth-order valence-corrected chi connectivity index (χ4v) is 3.78. The van der Waals surface area contributed by atoms with E-state index in [-0.39, 0.29) is 11.3 Å². The summed E-state index contributed by atoms with van der Waals surface area (Å²) in [6.45, 7) is 1.78. The van der Waals surface area contributed by atoms with Gasteiger partial charge in [-0.15, -0.1) is 0 Å². The number of pyridine rings is 1. The molecule has 0 spiro atoms. The predicted molar refractivity (Wildman–Crippen MR) is 97.8 cm³/mol. The second-order valence-corrected chi connectivity index (χ2v) is 6.99. The van der Waals surface area contributed by atoms with Gasteiger partial charge < -0.3 is 14.9 Å². The molecule has 7 heteroatoms. The number of carbonyl (C=O) groups is 1. The summed E-state index contributed by atoms with van der Waals surface area (Å²) in [4.78, 5) is 32.0. The van der Waals surface area contributed by atoms with Crippen LogP contribution in [0.1, 0.15) is 46.7 Å². The minimum Gasteiger partial charge on any atom is -0.354 e. The Bertz CT molecular complexity index is 1090. The molecule has 0 radical (unpaired) electrons. The fraction of sp³-hybridized carbons (Fsp3) is 0.300. The number of fused-ring (bicyclic) bond motifs is 2. The number of nitrogens with one attached hydrogen (secondary N) is 2.